The van der Waals surface area contributed by atoms with Gasteiger partial charge in [-0.15, -0.1) is 22.7 Å². The van der Waals surface area contributed by atoms with E-state index in [2.05, 4.69) is 49.1 Å². The van der Waals surface area contributed by atoms with Crippen LogP contribution in [-0.2, 0) is 17.6 Å². The van der Waals surface area contributed by atoms with Crippen LogP contribution >= 0.6 is 22.7 Å². The third-order valence-electron chi connectivity index (χ3n) is 5.77. The summed E-state index contributed by atoms with van der Waals surface area (Å²) in [5, 5.41) is 12.1. The Morgan fingerprint density at radius 3 is 2.97 bits per heavy atom. The minimum absolute atomic E-state index is 0.111. The minimum Gasteiger partial charge on any atom is -0.447 e. The fourth-order valence-corrected chi connectivity index (χ4v) is 6.46. The number of fused-ring (bicyclic) bond motifs is 4. The van der Waals surface area contributed by atoms with Gasteiger partial charge in [-0.1, -0.05) is 0 Å². The van der Waals surface area contributed by atoms with Crippen molar-refractivity contribution >= 4 is 60.7 Å². The average molecular weight is 497 g/mol. The predicted molar refractivity (Wildman–Crippen MR) is 138 cm³/mol. The highest BCUT2D eigenvalue weighted by Crippen LogP contribution is 2.39. The monoisotopic (exact) mass is 496 g/mol. The van der Waals surface area contributed by atoms with Gasteiger partial charge >= 0.3 is 6.09 Å². The van der Waals surface area contributed by atoms with Crippen LogP contribution in [0.15, 0.2) is 24.5 Å². The summed E-state index contributed by atoms with van der Waals surface area (Å²) in [6.45, 7) is 6.97. The standard InChI is InChI=1S/C24H28N6O2S2/c1-13(2)32-24(31)26-9-8-25-15-4-6-17-19(10-15)34-23-21(17)22(27-12-28-23)30-16-5-7-18-20(11-16)33-14(3)29-18/h5,7,11-13,15,25H,4,6,8-10H2,1-3H3,(H,26,31)(H,27,28,30). The van der Waals surface area contributed by atoms with Gasteiger partial charge in [0.2, 0.25) is 0 Å². The zero-order valence-corrected chi connectivity index (χ0v) is 21.1. The third kappa shape index (κ3) is 4.98. The van der Waals surface area contributed by atoms with E-state index in [4.69, 9.17) is 4.74 Å². The highest BCUT2D eigenvalue weighted by molar-refractivity contribution is 7.19. The summed E-state index contributed by atoms with van der Waals surface area (Å²) in [4.78, 5) is 27.7. The number of carbonyl (C=O) groups excluding carboxylic acids is 1. The second kappa shape index (κ2) is 9.81. The SMILES string of the molecule is Cc1nc2ccc(Nc3ncnc4sc5c(c34)CCC(NCCNC(=O)OC(C)C)C5)cc2s1. The average Bonchev–Trinajstić information content (AvgIpc) is 3.35. The molecular formula is C24H28N6O2S2. The molecule has 0 saturated heterocycles. The smallest absolute Gasteiger partial charge is 0.407 e. The van der Waals surface area contributed by atoms with Crippen molar-refractivity contribution in [1.29, 1.82) is 0 Å². The number of carbonyl (C=O) groups is 1. The molecule has 8 nitrogen and oxygen atoms in total. The Bertz CT molecular complexity index is 1330. The van der Waals surface area contributed by atoms with E-state index in [-0.39, 0.29) is 12.2 Å². The number of alkyl carbamates (subject to hydrolysis) is 1. The first-order valence-corrected chi connectivity index (χ1v) is 13.2. The maximum atomic E-state index is 11.6. The van der Waals surface area contributed by atoms with Crippen LogP contribution in [0.1, 0.15) is 35.7 Å². The van der Waals surface area contributed by atoms with Crippen LogP contribution in [0.4, 0.5) is 16.3 Å². The molecule has 1 aliphatic carbocycles. The molecule has 0 radical (unpaired) electrons. The van der Waals surface area contributed by atoms with Gasteiger partial charge in [0.25, 0.3) is 0 Å². The van der Waals surface area contributed by atoms with Crippen molar-refractivity contribution in [1.82, 2.24) is 25.6 Å². The number of aromatic nitrogens is 3. The van der Waals surface area contributed by atoms with Crippen molar-refractivity contribution < 1.29 is 9.53 Å². The normalized spacial score (nSPS) is 15.6. The molecule has 0 fully saturated rings. The Hall–Kier alpha value is -2.82. The topological polar surface area (TPSA) is 101 Å². The van der Waals surface area contributed by atoms with Crippen LogP contribution in [0.25, 0.3) is 20.4 Å². The Kier molecular flexibility index (Phi) is 6.62. The van der Waals surface area contributed by atoms with E-state index in [9.17, 15) is 4.79 Å². The summed E-state index contributed by atoms with van der Waals surface area (Å²) >= 11 is 3.45. The molecule has 10 heteroatoms. The highest BCUT2D eigenvalue weighted by Gasteiger charge is 2.25. The van der Waals surface area contributed by atoms with E-state index >= 15 is 0 Å². The molecule has 3 N–H and O–H groups in total. The number of ether oxygens (including phenoxy) is 1. The molecule has 1 aromatic carbocycles. The number of aryl methyl sites for hydroxylation is 2. The van der Waals surface area contributed by atoms with E-state index in [0.717, 1.165) is 51.5 Å². The van der Waals surface area contributed by atoms with Crippen LogP contribution in [0, 0.1) is 6.92 Å². The van der Waals surface area contributed by atoms with Crippen LogP contribution < -0.4 is 16.0 Å². The lowest BCUT2D eigenvalue weighted by atomic mass is 9.93. The second-order valence-corrected chi connectivity index (χ2v) is 11.0. The van der Waals surface area contributed by atoms with Crippen LogP contribution in [0.3, 0.4) is 0 Å². The first-order chi connectivity index (χ1) is 16.5. The summed E-state index contributed by atoms with van der Waals surface area (Å²) in [7, 11) is 0. The van der Waals surface area contributed by atoms with Gasteiger partial charge in [0.05, 0.1) is 26.7 Å². The van der Waals surface area contributed by atoms with E-state index in [1.165, 1.54) is 15.1 Å². The Morgan fingerprint density at radius 1 is 1.24 bits per heavy atom. The number of hydrogen-bond donors (Lipinski definition) is 3. The lowest BCUT2D eigenvalue weighted by Crippen LogP contribution is -2.40. The maximum absolute atomic E-state index is 11.6. The number of benzene rings is 1. The first kappa shape index (κ1) is 22.9. The van der Waals surface area contributed by atoms with Crippen LogP contribution in [-0.4, -0.2) is 46.3 Å². The molecule has 178 valence electrons. The van der Waals surface area contributed by atoms with Gasteiger partial charge in [-0.2, -0.15) is 0 Å². The Balaban J connectivity index is 1.27. The second-order valence-electron chi connectivity index (χ2n) is 8.72. The lowest BCUT2D eigenvalue weighted by Gasteiger charge is -2.23. The molecule has 1 atom stereocenters. The van der Waals surface area contributed by atoms with Crippen LogP contribution in [0.2, 0.25) is 0 Å². The quantitative estimate of drug-likeness (QED) is 0.312. The van der Waals surface area contributed by atoms with Crippen molar-refractivity contribution in [2.45, 2.75) is 52.2 Å². The van der Waals surface area contributed by atoms with E-state index < -0.39 is 0 Å². The number of hydrogen-bond acceptors (Lipinski definition) is 9. The van der Waals surface area contributed by atoms with Gasteiger partial charge in [0, 0.05) is 29.7 Å². The van der Waals surface area contributed by atoms with E-state index in [1.54, 1.807) is 29.0 Å². The number of amides is 1. The fraction of sp³-hybridized carbons (Fsp3) is 0.417. The van der Waals surface area contributed by atoms with Crippen molar-refractivity contribution in [3.63, 3.8) is 0 Å². The molecule has 3 aromatic heterocycles. The molecule has 1 unspecified atom stereocenters. The summed E-state index contributed by atoms with van der Waals surface area (Å²) in [6.07, 6.45) is 4.13. The summed E-state index contributed by atoms with van der Waals surface area (Å²) < 4.78 is 6.27. The Morgan fingerprint density at radius 2 is 2.12 bits per heavy atom. The molecule has 1 aliphatic rings. The highest BCUT2D eigenvalue weighted by atomic mass is 32.1. The number of thiophene rings is 1. The van der Waals surface area contributed by atoms with Crippen molar-refractivity contribution in [2.24, 2.45) is 0 Å². The summed E-state index contributed by atoms with van der Waals surface area (Å²) in [6, 6.07) is 6.62. The molecule has 0 spiro atoms. The number of rotatable bonds is 7. The lowest BCUT2D eigenvalue weighted by molar-refractivity contribution is 0.115. The van der Waals surface area contributed by atoms with Crippen molar-refractivity contribution in [2.75, 3.05) is 18.4 Å². The number of nitrogens with zero attached hydrogens (tertiary/aromatic N) is 3. The van der Waals surface area contributed by atoms with Gasteiger partial charge in [0.1, 0.15) is 17.0 Å². The number of anilines is 2. The van der Waals surface area contributed by atoms with Gasteiger partial charge in [-0.05, 0) is 63.8 Å². The zero-order chi connectivity index (χ0) is 23.7. The molecule has 0 bridgehead atoms. The molecule has 5 rings (SSSR count). The van der Waals surface area contributed by atoms with Crippen LogP contribution in [0.5, 0.6) is 0 Å². The third-order valence-corrected chi connectivity index (χ3v) is 7.87. The Labute approximate surface area is 206 Å². The van der Waals surface area contributed by atoms with Crippen molar-refractivity contribution in [3.8, 4) is 0 Å². The molecule has 1 amide bonds. The van der Waals surface area contributed by atoms with Crippen molar-refractivity contribution in [3.05, 3.63) is 40.0 Å². The molecule has 0 saturated carbocycles. The van der Waals surface area contributed by atoms with Gasteiger partial charge < -0.3 is 20.7 Å². The molecule has 3 heterocycles. The van der Waals surface area contributed by atoms with Gasteiger partial charge in [-0.3, -0.25) is 0 Å². The summed E-state index contributed by atoms with van der Waals surface area (Å²) in [5.41, 5.74) is 3.39. The predicted octanol–water partition coefficient (Wildman–Crippen LogP) is 4.93. The fourth-order valence-electron chi connectivity index (χ4n) is 4.33. The van der Waals surface area contributed by atoms with Gasteiger partial charge in [0.15, 0.2) is 0 Å². The molecule has 34 heavy (non-hydrogen) atoms. The largest absolute Gasteiger partial charge is 0.447 e. The maximum Gasteiger partial charge on any atom is 0.407 e. The number of thiazole rings is 1. The van der Waals surface area contributed by atoms with E-state index in [0.29, 0.717) is 19.1 Å². The summed E-state index contributed by atoms with van der Waals surface area (Å²) in [5.74, 6) is 0.863. The zero-order valence-electron chi connectivity index (χ0n) is 19.5. The van der Waals surface area contributed by atoms with E-state index in [1.807, 2.05) is 20.8 Å². The molecular weight excluding hydrogens is 468 g/mol. The van der Waals surface area contributed by atoms with Gasteiger partial charge in [-0.25, -0.2) is 19.7 Å². The molecule has 4 aromatic rings. The minimum atomic E-state index is -0.365. The molecule has 0 aliphatic heterocycles. The first-order valence-electron chi connectivity index (χ1n) is 11.5. The number of nitrogens with one attached hydrogen (secondary N) is 3.